The molecule has 0 aliphatic carbocycles. The number of hydrogen-bond donors (Lipinski definition) is 1. The van der Waals surface area contributed by atoms with Gasteiger partial charge in [-0.15, -0.1) is 0 Å². The van der Waals surface area contributed by atoms with E-state index in [1.807, 2.05) is 48.5 Å². The molecule has 6 heteroatoms. The molecule has 0 atom stereocenters. The average molecular weight is 427 g/mol. The fourth-order valence-corrected chi connectivity index (χ4v) is 4.01. The quantitative estimate of drug-likeness (QED) is 0.509. The van der Waals surface area contributed by atoms with E-state index in [9.17, 15) is 4.79 Å². The van der Waals surface area contributed by atoms with E-state index in [4.69, 9.17) is 9.40 Å². The lowest BCUT2D eigenvalue weighted by atomic mass is 10.1. The molecule has 2 heterocycles. The first-order valence-electron chi connectivity index (χ1n) is 10.9. The first-order valence-corrected chi connectivity index (χ1v) is 10.9. The number of nitrogens with zero attached hydrogens (tertiary/aromatic N) is 3. The third-order valence-corrected chi connectivity index (χ3v) is 5.90. The Labute approximate surface area is 187 Å². The van der Waals surface area contributed by atoms with Crippen LogP contribution in [0.2, 0.25) is 0 Å². The van der Waals surface area contributed by atoms with E-state index in [1.165, 1.54) is 5.56 Å². The predicted octanol–water partition coefficient (Wildman–Crippen LogP) is 4.49. The Balaban J connectivity index is 1.38. The van der Waals surface area contributed by atoms with E-state index in [0.29, 0.717) is 17.1 Å². The summed E-state index contributed by atoms with van der Waals surface area (Å²) in [6.45, 7) is 5.26. The molecule has 1 fully saturated rings. The Bertz CT molecular complexity index is 1230. The minimum Gasteiger partial charge on any atom is -0.436 e. The number of carbonyl (C=O) groups excluding carboxylic acids is 1. The van der Waals surface area contributed by atoms with Gasteiger partial charge in [0, 0.05) is 38.3 Å². The molecule has 1 aliphatic heterocycles. The van der Waals surface area contributed by atoms with Crippen molar-refractivity contribution in [1.29, 1.82) is 0 Å². The first kappa shape index (κ1) is 20.4. The first-order chi connectivity index (χ1) is 15.7. The van der Waals surface area contributed by atoms with E-state index < -0.39 is 0 Å². The van der Waals surface area contributed by atoms with Crippen molar-refractivity contribution >= 4 is 22.7 Å². The maximum atomic E-state index is 12.7. The Hall–Kier alpha value is -3.48. The molecule has 0 bridgehead atoms. The van der Waals surface area contributed by atoms with Crippen molar-refractivity contribution in [2.45, 2.75) is 6.54 Å². The molecule has 1 N–H and O–H groups in total. The third-order valence-electron chi connectivity index (χ3n) is 5.90. The van der Waals surface area contributed by atoms with Crippen molar-refractivity contribution in [3.8, 4) is 11.5 Å². The number of nitrogens with one attached hydrogen (secondary N) is 1. The number of hydrogen-bond acceptors (Lipinski definition) is 5. The van der Waals surface area contributed by atoms with Gasteiger partial charge in [-0.25, -0.2) is 4.98 Å². The van der Waals surface area contributed by atoms with E-state index in [1.54, 1.807) is 12.1 Å². The van der Waals surface area contributed by atoms with Gasteiger partial charge in [0.25, 0.3) is 5.91 Å². The molecular weight excluding hydrogens is 400 g/mol. The number of fused-ring (bicyclic) bond motifs is 1. The van der Waals surface area contributed by atoms with Crippen LogP contribution < -0.4 is 5.32 Å². The molecule has 0 radical (unpaired) electrons. The highest BCUT2D eigenvalue weighted by Gasteiger charge is 2.17. The topological polar surface area (TPSA) is 61.6 Å². The van der Waals surface area contributed by atoms with Crippen molar-refractivity contribution in [2.24, 2.45) is 0 Å². The monoisotopic (exact) mass is 426 g/mol. The molecule has 1 aliphatic rings. The van der Waals surface area contributed by atoms with Gasteiger partial charge in [0.15, 0.2) is 5.58 Å². The van der Waals surface area contributed by atoms with Gasteiger partial charge in [0.1, 0.15) is 5.52 Å². The summed E-state index contributed by atoms with van der Waals surface area (Å²) in [6.07, 6.45) is 0. The maximum absolute atomic E-state index is 12.7. The summed E-state index contributed by atoms with van der Waals surface area (Å²) in [5.74, 6) is 0.337. The van der Waals surface area contributed by atoms with Crippen molar-refractivity contribution < 1.29 is 9.21 Å². The molecule has 32 heavy (non-hydrogen) atoms. The summed E-state index contributed by atoms with van der Waals surface area (Å²) in [6, 6.07) is 23.0. The third kappa shape index (κ3) is 4.42. The number of benzene rings is 3. The zero-order valence-corrected chi connectivity index (χ0v) is 18.1. The Kier molecular flexibility index (Phi) is 5.71. The second-order valence-electron chi connectivity index (χ2n) is 8.27. The summed E-state index contributed by atoms with van der Waals surface area (Å²) in [5, 5.41) is 2.99. The van der Waals surface area contributed by atoms with E-state index in [-0.39, 0.29) is 5.91 Å². The van der Waals surface area contributed by atoms with Crippen LogP contribution >= 0.6 is 0 Å². The van der Waals surface area contributed by atoms with E-state index in [2.05, 4.69) is 34.3 Å². The largest absolute Gasteiger partial charge is 0.436 e. The minimum atomic E-state index is -0.163. The lowest BCUT2D eigenvalue weighted by molar-refractivity contribution is 0.102. The molecule has 0 saturated carbocycles. The zero-order chi connectivity index (χ0) is 21.9. The SMILES string of the molecule is CN1CCN(Cc2ccc3oc(-c4ccccc4NC(=O)c4ccccc4)nc3c2)CC1. The molecule has 3 aromatic carbocycles. The van der Waals surface area contributed by atoms with Gasteiger partial charge in [-0.05, 0) is 49.0 Å². The molecule has 5 rings (SSSR count). The molecule has 1 saturated heterocycles. The lowest BCUT2D eigenvalue weighted by Crippen LogP contribution is -2.43. The number of carbonyl (C=O) groups is 1. The summed E-state index contributed by atoms with van der Waals surface area (Å²) < 4.78 is 6.06. The number of aromatic nitrogens is 1. The maximum Gasteiger partial charge on any atom is 0.255 e. The molecule has 0 spiro atoms. The highest BCUT2D eigenvalue weighted by Crippen LogP contribution is 2.31. The predicted molar refractivity (Wildman–Crippen MR) is 127 cm³/mol. The van der Waals surface area contributed by atoms with Crippen LogP contribution in [0.5, 0.6) is 0 Å². The standard InChI is InChI=1S/C26H26N4O2/c1-29-13-15-30(16-14-29)18-19-11-12-24-23(17-19)28-26(32-24)21-9-5-6-10-22(21)27-25(31)20-7-3-2-4-8-20/h2-12,17H,13-16,18H2,1H3,(H,27,31). The number of piperazine rings is 1. The van der Waals surface area contributed by atoms with Gasteiger partial charge in [-0.2, -0.15) is 0 Å². The van der Waals surface area contributed by atoms with Gasteiger partial charge >= 0.3 is 0 Å². The van der Waals surface area contributed by atoms with Crippen molar-refractivity contribution in [1.82, 2.24) is 14.8 Å². The summed E-state index contributed by atoms with van der Waals surface area (Å²) in [7, 11) is 2.17. The van der Waals surface area contributed by atoms with E-state index in [0.717, 1.165) is 49.4 Å². The second-order valence-corrected chi connectivity index (χ2v) is 8.27. The average Bonchev–Trinajstić information content (AvgIpc) is 3.25. The zero-order valence-electron chi connectivity index (χ0n) is 18.1. The Morgan fingerprint density at radius 2 is 1.72 bits per heavy atom. The molecule has 6 nitrogen and oxygen atoms in total. The number of likely N-dealkylation sites (N-methyl/N-ethyl adjacent to an activating group) is 1. The normalized spacial score (nSPS) is 15.2. The van der Waals surface area contributed by atoms with Gasteiger partial charge in [-0.1, -0.05) is 36.4 Å². The van der Waals surface area contributed by atoms with Gasteiger partial charge in [-0.3, -0.25) is 9.69 Å². The van der Waals surface area contributed by atoms with Gasteiger partial charge in [0.2, 0.25) is 5.89 Å². The van der Waals surface area contributed by atoms with Crippen LogP contribution in [0.25, 0.3) is 22.6 Å². The Morgan fingerprint density at radius 3 is 2.53 bits per heavy atom. The second kappa shape index (κ2) is 8.94. The van der Waals surface area contributed by atoms with E-state index >= 15 is 0 Å². The number of amides is 1. The number of oxazole rings is 1. The highest BCUT2D eigenvalue weighted by molar-refractivity contribution is 6.06. The minimum absolute atomic E-state index is 0.163. The molecule has 162 valence electrons. The smallest absolute Gasteiger partial charge is 0.255 e. The number of rotatable bonds is 5. The molecule has 1 aromatic heterocycles. The van der Waals surface area contributed by atoms with Crippen LogP contribution in [0.3, 0.4) is 0 Å². The fourth-order valence-electron chi connectivity index (χ4n) is 4.01. The summed E-state index contributed by atoms with van der Waals surface area (Å²) in [4.78, 5) is 22.2. The molecule has 0 unspecified atom stereocenters. The number of anilines is 1. The van der Waals surface area contributed by atoms with Crippen LogP contribution in [0.15, 0.2) is 77.2 Å². The van der Waals surface area contributed by atoms with Crippen LogP contribution in [0, 0.1) is 0 Å². The van der Waals surface area contributed by atoms with Crippen molar-refractivity contribution in [3.63, 3.8) is 0 Å². The van der Waals surface area contributed by atoms with Crippen LogP contribution in [-0.2, 0) is 6.54 Å². The van der Waals surface area contributed by atoms with Crippen LogP contribution in [0.4, 0.5) is 5.69 Å². The lowest BCUT2D eigenvalue weighted by Gasteiger charge is -2.32. The van der Waals surface area contributed by atoms with Crippen molar-refractivity contribution in [2.75, 3.05) is 38.5 Å². The molecule has 1 amide bonds. The van der Waals surface area contributed by atoms with Gasteiger partial charge in [0.05, 0.1) is 11.3 Å². The van der Waals surface area contributed by atoms with Crippen molar-refractivity contribution in [3.05, 3.63) is 83.9 Å². The number of para-hydroxylation sites is 1. The van der Waals surface area contributed by atoms with Crippen LogP contribution in [-0.4, -0.2) is 53.9 Å². The van der Waals surface area contributed by atoms with Gasteiger partial charge < -0.3 is 14.6 Å². The molecular formula is C26H26N4O2. The molecule has 4 aromatic rings. The fraction of sp³-hybridized carbons (Fsp3) is 0.231. The Morgan fingerprint density at radius 1 is 0.969 bits per heavy atom. The highest BCUT2D eigenvalue weighted by atomic mass is 16.3. The summed E-state index contributed by atoms with van der Waals surface area (Å²) in [5.41, 5.74) is 4.84. The summed E-state index contributed by atoms with van der Waals surface area (Å²) >= 11 is 0. The van der Waals surface area contributed by atoms with Crippen LogP contribution in [0.1, 0.15) is 15.9 Å².